The number of hydrogen-bond donors (Lipinski definition) is 1. The van der Waals surface area contributed by atoms with E-state index in [0.29, 0.717) is 11.3 Å². The van der Waals surface area contributed by atoms with Crippen molar-refractivity contribution >= 4 is 11.6 Å². The Kier molecular flexibility index (Phi) is 3.48. The smallest absolute Gasteiger partial charge is 0.325 e. The molecule has 0 spiro atoms. The lowest BCUT2D eigenvalue weighted by atomic mass is 10.2. The van der Waals surface area contributed by atoms with E-state index in [0.717, 1.165) is 0 Å². The number of aryl methyl sites for hydroxylation is 1. The van der Waals surface area contributed by atoms with Crippen LogP contribution in [0.4, 0.5) is 5.69 Å². The second-order valence-electron chi connectivity index (χ2n) is 4.06. The minimum atomic E-state index is -0.294. The second kappa shape index (κ2) is 5.23. The lowest BCUT2D eigenvalue weighted by Gasteiger charge is -2.05. The number of imidazole rings is 1. The van der Waals surface area contributed by atoms with Crippen LogP contribution in [0.1, 0.15) is 5.56 Å². The molecule has 0 unspecified atom stereocenters. The van der Waals surface area contributed by atoms with Crippen molar-refractivity contribution in [1.29, 1.82) is 5.26 Å². The lowest BCUT2D eigenvalue weighted by Crippen LogP contribution is -2.28. The van der Waals surface area contributed by atoms with E-state index < -0.39 is 0 Å². The number of rotatable bonds is 3. The van der Waals surface area contributed by atoms with Gasteiger partial charge in [-0.2, -0.15) is 5.26 Å². The molecule has 0 aliphatic carbocycles. The fourth-order valence-corrected chi connectivity index (χ4v) is 1.61. The Hall–Kier alpha value is -2.81. The van der Waals surface area contributed by atoms with Gasteiger partial charge in [-0.1, -0.05) is 0 Å². The maximum atomic E-state index is 11.8. The molecule has 2 rings (SSSR count). The summed E-state index contributed by atoms with van der Waals surface area (Å²) in [4.78, 5) is 23.3. The van der Waals surface area contributed by atoms with Crippen molar-refractivity contribution in [2.45, 2.75) is 6.54 Å². The molecule has 96 valence electrons. The lowest BCUT2D eigenvalue weighted by molar-refractivity contribution is -0.116. The van der Waals surface area contributed by atoms with Gasteiger partial charge in [-0.3, -0.25) is 9.36 Å². The molecule has 0 fully saturated rings. The number of hydrogen-bond acceptors (Lipinski definition) is 3. The van der Waals surface area contributed by atoms with E-state index in [4.69, 9.17) is 5.26 Å². The molecule has 0 radical (unpaired) electrons. The third kappa shape index (κ3) is 2.90. The van der Waals surface area contributed by atoms with Crippen molar-refractivity contribution in [2.24, 2.45) is 7.05 Å². The molecule has 1 N–H and O–H groups in total. The van der Waals surface area contributed by atoms with Crippen LogP contribution >= 0.6 is 0 Å². The van der Waals surface area contributed by atoms with E-state index >= 15 is 0 Å². The molecule has 0 aliphatic heterocycles. The molecule has 6 heteroatoms. The Morgan fingerprint density at radius 2 is 2.00 bits per heavy atom. The summed E-state index contributed by atoms with van der Waals surface area (Å²) >= 11 is 0. The van der Waals surface area contributed by atoms with E-state index in [9.17, 15) is 9.59 Å². The number of nitrogens with one attached hydrogen (secondary N) is 1. The van der Waals surface area contributed by atoms with Gasteiger partial charge in [0.15, 0.2) is 0 Å². The highest BCUT2D eigenvalue weighted by Crippen LogP contribution is 2.08. The predicted molar refractivity (Wildman–Crippen MR) is 69.5 cm³/mol. The number of nitriles is 1. The fraction of sp³-hybridized carbons (Fsp3) is 0.154. The number of aromatic nitrogens is 2. The molecule has 1 heterocycles. The van der Waals surface area contributed by atoms with Crippen LogP contribution in [0.25, 0.3) is 0 Å². The van der Waals surface area contributed by atoms with Crippen molar-refractivity contribution in [3.8, 4) is 6.07 Å². The van der Waals surface area contributed by atoms with E-state index in [1.54, 1.807) is 43.7 Å². The highest BCUT2D eigenvalue weighted by molar-refractivity contribution is 5.90. The number of benzene rings is 1. The second-order valence-corrected chi connectivity index (χ2v) is 4.06. The summed E-state index contributed by atoms with van der Waals surface area (Å²) < 4.78 is 2.72. The van der Waals surface area contributed by atoms with Crippen LogP contribution in [0.3, 0.4) is 0 Å². The molecule has 1 aromatic carbocycles. The normalized spacial score (nSPS) is 9.89. The first-order valence-corrected chi connectivity index (χ1v) is 5.62. The van der Waals surface area contributed by atoms with Gasteiger partial charge in [-0.05, 0) is 24.3 Å². The Bertz CT molecular complexity index is 689. The van der Waals surface area contributed by atoms with Gasteiger partial charge in [0.1, 0.15) is 6.54 Å². The standard InChI is InChI=1S/C13H12N4O2/c1-16-6-7-17(13(16)19)9-12(18)15-11-4-2-10(8-14)3-5-11/h2-7H,9H2,1H3,(H,15,18). The van der Waals surface area contributed by atoms with Gasteiger partial charge >= 0.3 is 5.69 Å². The maximum Gasteiger partial charge on any atom is 0.328 e. The quantitative estimate of drug-likeness (QED) is 0.877. The number of carbonyl (C=O) groups excluding carboxylic acids is 1. The van der Waals surface area contributed by atoms with Gasteiger partial charge in [0.05, 0.1) is 11.6 Å². The summed E-state index contributed by atoms with van der Waals surface area (Å²) in [5, 5.41) is 11.3. The molecule has 0 saturated heterocycles. The van der Waals surface area contributed by atoms with Crippen LogP contribution in [0, 0.1) is 11.3 Å². The predicted octanol–water partition coefficient (Wildman–Crippen LogP) is 0.697. The largest absolute Gasteiger partial charge is 0.328 e. The molecule has 6 nitrogen and oxygen atoms in total. The summed E-state index contributed by atoms with van der Waals surface area (Å²) in [5.41, 5.74) is 0.875. The van der Waals surface area contributed by atoms with Gasteiger partial charge in [0.2, 0.25) is 5.91 Å². The van der Waals surface area contributed by atoms with Crippen LogP contribution in [-0.4, -0.2) is 15.0 Å². The van der Waals surface area contributed by atoms with Crippen LogP contribution in [-0.2, 0) is 18.4 Å². The minimum absolute atomic E-state index is 0.0420. The van der Waals surface area contributed by atoms with Crippen LogP contribution in [0.15, 0.2) is 41.5 Å². The minimum Gasteiger partial charge on any atom is -0.325 e. The monoisotopic (exact) mass is 256 g/mol. The Balaban J connectivity index is 2.03. The summed E-state index contributed by atoms with van der Waals surface area (Å²) in [7, 11) is 1.62. The zero-order valence-electron chi connectivity index (χ0n) is 10.3. The average molecular weight is 256 g/mol. The zero-order chi connectivity index (χ0) is 13.8. The van der Waals surface area contributed by atoms with Crippen molar-refractivity contribution in [2.75, 3.05) is 5.32 Å². The molecule has 1 amide bonds. The third-order valence-electron chi connectivity index (χ3n) is 2.63. The highest BCUT2D eigenvalue weighted by atomic mass is 16.2. The van der Waals surface area contributed by atoms with Gasteiger partial charge in [-0.25, -0.2) is 4.79 Å². The molecule has 0 saturated carbocycles. The first kappa shape index (κ1) is 12.6. The van der Waals surface area contributed by atoms with E-state index in [2.05, 4.69) is 5.32 Å². The van der Waals surface area contributed by atoms with E-state index in [1.165, 1.54) is 9.13 Å². The molecule has 0 aliphatic rings. The van der Waals surface area contributed by atoms with Crippen molar-refractivity contribution in [3.63, 3.8) is 0 Å². The van der Waals surface area contributed by atoms with Gasteiger partial charge in [0.25, 0.3) is 0 Å². The molecular formula is C13H12N4O2. The summed E-state index contributed by atoms with van der Waals surface area (Å²) in [6, 6.07) is 8.51. The van der Waals surface area contributed by atoms with Crippen LogP contribution in [0.5, 0.6) is 0 Å². The molecule has 19 heavy (non-hydrogen) atoms. The third-order valence-corrected chi connectivity index (χ3v) is 2.63. The Morgan fingerprint density at radius 3 is 2.53 bits per heavy atom. The topological polar surface area (TPSA) is 79.8 Å². The Morgan fingerprint density at radius 1 is 1.32 bits per heavy atom. The van der Waals surface area contributed by atoms with E-state index in [-0.39, 0.29) is 18.1 Å². The van der Waals surface area contributed by atoms with Gasteiger partial charge in [0, 0.05) is 25.1 Å². The van der Waals surface area contributed by atoms with Crippen molar-refractivity contribution in [1.82, 2.24) is 9.13 Å². The number of carbonyl (C=O) groups is 1. The Labute approximate surface area is 109 Å². The zero-order valence-corrected chi connectivity index (χ0v) is 10.3. The number of anilines is 1. The molecule has 2 aromatic rings. The summed E-state index contributed by atoms with van der Waals surface area (Å²) in [5.74, 6) is -0.294. The summed E-state index contributed by atoms with van der Waals surface area (Å²) in [6.07, 6.45) is 3.15. The van der Waals surface area contributed by atoms with Crippen molar-refractivity contribution in [3.05, 3.63) is 52.7 Å². The first-order chi connectivity index (χ1) is 9.10. The molecule has 0 atom stereocenters. The highest BCUT2D eigenvalue weighted by Gasteiger charge is 2.06. The summed E-state index contributed by atoms with van der Waals surface area (Å²) in [6.45, 7) is -0.0420. The van der Waals surface area contributed by atoms with Crippen molar-refractivity contribution < 1.29 is 4.79 Å². The van der Waals surface area contributed by atoms with E-state index in [1.807, 2.05) is 6.07 Å². The number of nitrogens with zero attached hydrogens (tertiary/aromatic N) is 3. The van der Waals surface area contributed by atoms with Crippen LogP contribution < -0.4 is 11.0 Å². The molecule has 0 bridgehead atoms. The first-order valence-electron chi connectivity index (χ1n) is 5.62. The fourth-order valence-electron chi connectivity index (χ4n) is 1.61. The molecule has 1 aromatic heterocycles. The molecular weight excluding hydrogens is 244 g/mol. The maximum absolute atomic E-state index is 11.8. The van der Waals surface area contributed by atoms with Gasteiger partial charge < -0.3 is 9.88 Å². The SMILES string of the molecule is Cn1ccn(CC(=O)Nc2ccc(C#N)cc2)c1=O. The average Bonchev–Trinajstić information content (AvgIpc) is 2.71. The van der Waals surface area contributed by atoms with Crippen LogP contribution in [0.2, 0.25) is 0 Å². The number of amides is 1. The van der Waals surface area contributed by atoms with Gasteiger partial charge in [-0.15, -0.1) is 0 Å².